The fraction of sp³-hybridized carbons (Fsp3) is 0.929. The van der Waals surface area contributed by atoms with Gasteiger partial charge in [0.15, 0.2) is 0 Å². The summed E-state index contributed by atoms with van der Waals surface area (Å²) in [5.74, 6) is 0.0735. The molecule has 1 saturated carbocycles. The predicted octanol–water partition coefficient (Wildman–Crippen LogP) is 0.602. The molecule has 0 saturated heterocycles. The minimum Gasteiger partial charge on any atom is -0.385 e. The van der Waals surface area contributed by atoms with Crippen molar-refractivity contribution in [1.82, 2.24) is 15.5 Å². The molecular formula is C14H29N3O2. The number of methoxy groups -OCH3 is 1. The van der Waals surface area contributed by atoms with Crippen LogP contribution in [0.3, 0.4) is 0 Å². The highest BCUT2D eigenvalue weighted by atomic mass is 16.5. The number of hydrogen-bond donors (Lipinski definition) is 2. The van der Waals surface area contributed by atoms with Gasteiger partial charge in [-0.1, -0.05) is 0 Å². The molecule has 0 aromatic rings. The van der Waals surface area contributed by atoms with E-state index in [9.17, 15) is 4.79 Å². The zero-order valence-electron chi connectivity index (χ0n) is 12.8. The van der Waals surface area contributed by atoms with Gasteiger partial charge in [-0.25, -0.2) is 0 Å². The van der Waals surface area contributed by atoms with Gasteiger partial charge in [-0.3, -0.25) is 4.79 Å². The summed E-state index contributed by atoms with van der Waals surface area (Å²) < 4.78 is 4.95. The van der Waals surface area contributed by atoms with Crippen LogP contribution in [0.1, 0.15) is 32.6 Å². The highest BCUT2D eigenvalue weighted by Crippen LogP contribution is 2.35. The van der Waals surface area contributed by atoms with E-state index in [1.807, 2.05) is 6.92 Å². The van der Waals surface area contributed by atoms with E-state index >= 15 is 0 Å². The Labute approximate surface area is 117 Å². The average Bonchev–Trinajstić information content (AvgIpc) is 2.32. The van der Waals surface area contributed by atoms with E-state index in [1.54, 1.807) is 7.11 Å². The summed E-state index contributed by atoms with van der Waals surface area (Å²) in [6, 6.07) is -0.139. The lowest BCUT2D eigenvalue weighted by atomic mass is 9.75. The summed E-state index contributed by atoms with van der Waals surface area (Å²) in [6.45, 7) is 4.17. The maximum Gasteiger partial charge on any atom is 0.236 e. The Morgan fingerprint density at radius 2 is 2.11 bits per heavy atom. The molecule has 2 N–H and O–H groups in total. The van der Waals surface area contributed by atoms with Crippen molar-refractivity contribution < 1.29 is 9.53 Å². The smallest absolute Gasteiger partial charge is 0.236 e. The molecule has 0 aromatic heterocycles. The predicted molar refractivity (Wildman–Crippen MR) is 77.2 cm³/mol. The molecule has 0 aromatic carbocycles. The van der Waals surface area contributed by atoms with Crippen molar-refractivity contribution in [1.29, 1.82) is 0 Å². The number of nitrogens with one attached hydrogen (secondary N) is 2. The molecule has 5 heteroatoms. The zero-order chi connectivity index (χ0) is 14.3. The molecule has 1 unspecified atom stereocenters. The topological polar surface area (TPSA) is 53.6 Å². The van der Waals surface area contributed by atoms with Crippen LogP contribution in [0.2, 0.25) is 0 Å². The van der Waals surface area contributed by atoms with Crippen LogP contribution in [0.5, 0.6) is 0 Å². The fourth-order valence-electron chi connectivity index (χ4n) is 2.38. The standard InChI is InChI=1S/C14H29N3O2/c1-12(13(18)15-9-6-10-19-4)16-11-14(17(2)3)7-5-8-14/h12,16H,5-11H2,1-4H3,(H,15,18). The van der Waals surface area contributed by atoms with E-state index in [0.717, 1.165) is 13.0 Å². The van der Waals surface area contributed by atoms with Gasteiger partial charge in [-0.05, 0) is 46.7 Å². The molecule has 1 atom stereocenters. The Morgan fingerprint density at radius 3 is 2.58 bits per heavy atom. The molecule has 1 amide bonds. The van der Waals surface area contributed by atoms with Crippen molar-refractivity contribution in [3.8, 4) is 0 Å². The summed E-state index contributed by atoms with van der Waals surface area (Å²) in [5, 5.41) is 6.29. The first kappa shape index (κ1) is 16.4. The monoisotopic (exact) mass is 271 g/mol. The summed E-state index contributed by atoms with van der Waals surface area (Å²) >= 11 is 0. The Kier molecular flexibility index (Phi) is 6.75. The molecule has 112 valence electrons. The lowest BCUT2D eigenvalue weighted by Gasteiger charge is -2.48. The minimum absolute atomic E-state index is 0.0735. The SMILES string of the molecule is COCCCNC(=O)C(C)NCC1(N(C)C)CCC1. The summed E-state index contributed by atoms with van der Waals surface area (Å²) in [7, 11) is 5.91. The van der Waals surface area contributed by atoms with Crippen LogP contribution in [0, 0.1) is 0 Å². The Bertz CT molecular complexity index is 278. The summed E-state index contributed by atoms with van der Waals surface area (Å²) in [6.07, 6.45) is 4.58. The lowest BCUT2D eigenvalue weighted by Crippen LogP contribution is -2.58. The van der Waals surface area contributed by atoms with E-state index in [1.165, 1.54) is 19.3 Å². The van der Waals surface area contributed by atoms with Crippen LogP contribution in [0.25, 0.3) is 0 Å². The van der Waals surface area contributed by atoms with Crippen molar-refractivity contribution in [3.05, 3.63) is 0 Å². The number of nitrogens with zero attached hydrogens (tertiary/aromatic N) is 1. The maximum atomic E-state index is 11.9. The molecule has 0 bridgehead atoms. The molecule has 0 heterocycles. The second-order valence-corrected chi connectivity index (χ2v) is 5.71. The van der Waals surface area contributed by atoms with Gasteiger partial charge in [0.25, 0.3) is 0 Å². The molecule has 19 heavy (non-hydrogen) atoms. The Hall–Kier alpha value is -0.650. The molecule has 0 aliphatic heterocycles. The van der Waals surface area contributed by atoms with Gasteiger partial charge in [0.05, 0.1) is 6.04 Å². The van der Waals surface area contributed by atoms with Gasteiger partial charge in [0, 0.05) is 32.3 Å². The van der Waals surface area contributed by atoms with Gasteiger partial charge < -0.3 is 20.3 Å². The Morgan fingerprint density at radius 1 is 1.42 bits per heavy atom. The molecule has 5 nitrogen and oxygen atoms in total. The number of carbonyl (C=O) groups is 1. The van der Waals surface area contributed by atoms with Gasteiger partial charge in [-0.2, -0.15) is 0 Å². The normalized spacial score (nSPS) is 19.0. The quantitative estimate of drug-likeness (QED) is 0.603. The molecule has 1 aliphatic carbocycles. The highest BCUT2D eigenvalue weighted by molar-refractivity contribution is 5.81. The third-order valence-corrected chi connectivity index (χ3v) is 4.19. The first-order valence-electron chi connectivity index (χ1n) is 7.19. The van der Waals surface area contributed by atoms with Crippen molar-refractivity contribution in [2.45, 2.75) is 44.2 Å². The van der Waals surface area contributed by atoms with Crippen LogP contribution in [0.15, 0.2) is 0 Å². The van der Waals surface area contributed by atoms with Gasteiger partial charge >= 0.3 is 0 Å². The number of likely N-dealkylation sites (N-methyl/N-ethyl adjacent to an activating group) is 1. The second-order valence-electron chi connectivity index (χ2n) is 5.71. The highest BCUT2D eigenvalue weighted by Gasteiger charge is 2.39. The van der Waals surface area contributed by atoms with Crippen LogP contribution in [-0.4, -0.2) is 63.3 Å². The minimum atomic E-state index is -0.139. The van der Waals surface area contributed by atoms with Crippen LogP contribution >= 0.6 is 0 Å². The second kappa shape index (κ2) is 7.82. The number of amides is 1. The average molecular weight is 271 g/mol. The third kappa shape index (κ3) is 4.75. The molecule has 1 aliphatic rings. The summed E-state index contributed by atoms with van der Waals surface area (Å²) in [4.78, 5) is 14.2. The molecule has 1 rings (SSSR count). The van der Waals surface area contributed by atoms with Crippen molar-refractivity contribution in [2.75, 3.05) is 40.9 Å². The third-order valence-electron chi connectivity index (χ3n) is 4.19. The summed E-state index contributed by atoms with van der Waals surface area (Å²) in [5.41, 5.74) is 0.255. The van der Waals surface area contributed by atoms with Gasteiger partial charge in [0.1, 0.15) is 0 Å². The van der Waals surface area contributed by atoms with Gasteiger partial charge in [0.2, 0.25) is 5.91 Å². The first-order chi connectivity index (χ1) is 9.02. The van der Waals surface area contributed by atoms with Crippen LogP contribution < -0.4 is 10.6 Å². The number of carbonyl (C=O) groups excluding carboxylic acids is 1. The molecular weight excluding hydrogens is 242 g/mol. The van der Waals surface area contributed by atoms with Crippen LogP contribution in [0.4, 0.5) is 0 Å². The van der Waals surface area contributed by atoms with E-state index < -0.39 is 0 Å². The van der Waals surface area contributed by atoms with Crippen molar-refractivity contribution >= 4 is 5.91 Å². The number of rotatable bonds is 9. The fourth-order valence-corrected chi connectivity index (χ4v) is 2.38. The zero-order valence-corrected chi connectivity index (χ0v) is 12.8. The first-order valence-corrected chi connectivity index (χ1v) is 7.19. The Balaban J connectivity index is 2.22. The number of hydrogen-bond acceptors (Lipinski definition) is 4. The van der Waals surface area contributed by atoms with E-state index in [4.69, 9.17) is 4.74 Å². The van der Waals surface area contributed by atoms with E-state index in [2.05, 4.69) is 29.6 Å². The maximum absolute atomic E-state index is 11.9. The van der Waals surface area contributed by atoms with Crippen LogP contribution in [-0.2, 0) is 9.53 Å². The molecule has 1 fully saturated rings. The largest absolute Gasteiger partial charge is 0.385 e. The van der Waals surface area contributed by atoms with E-state index in [-0.39, 0.29) is 17.5 Å². The number of ether oxygens (including phenoxy) is 1. The lowest BCUT2D eigenvalue weighted by molar-refractivity contribution is -0.123. The van der Waals surface area contributed by atoms with E-state index in [0.29, 0.717) is 13.2 Å². The van der Waals surface area contributed by atoms with Crippen molar-refractivity contribution in [2.24, 2.45) is 0 Å². The molecule has 0 spiro atoms. The molecule has 0 radical (unpaired) electrons. The van der Waals surface area contributed by atoms with Crippen molar-refractivity contribution in [3.63, 3.8) is 0 Å². The van der Waals surface area contributed by atoms with Gasteiger partial charge in [-0.15, -0.1) is 0 Å².